The molecule has 9 heteroatoms. The van der Waals surface area contributed by atoms with Crippen LogP contribution < -0.4 is 10.1 Å². The van der Waals surface area contributed by atoms with Gasteiger partial charge in [0, 0.05) is 46.6 Å². The molecule has 2 aromatic rings. The average Bonchev–Trinajstić information content (AvgIpc) is 2.95. The van der Waals surface area contributed by atoms with Crippen LogP contribution in [-0.4, -0.2) is 52.9 Å². The number of aryl methyl sites for hydroxylation is 2. The molecule has 0 bridgehead atoms. The quantitative estimate of drug-likeness (QED) is 0.403. The van der Waals surface area contributed by atoms with Crippen molar-refractivity contribution in [1.82, 2.24) is 25.0 Å². The third-order valence-electron chi connectivity index (χ3n) is 5.19. The Labute approximate surface area is 176 Å². The van der Waals surface area contributed by atoms with Crippen LogP contribution in [0.1, 0.15) is 42.9 Å². The van der Waals surface area contributed by atoms with E-state index >= 15 is 0 Å². The molecule has 0 spiro atoms. The summed E-state index contributed by atoms with van der Waals surface area (Å²) in [6.45, 7) is -0.405. The van der Waals surface area contributed by atoms with Crippen molar-refractivity contribution in [3.05, 3.63) is 41.5 Å². The predicted octanol–water partition coefficient (Wildman–Crippen LogP) is 3.25. The summed E-state index contributed by atoms with van der Waals surface area (Å²) in [6.07, 6.45) is 6.50. The van der Waals surface area contributed by atoms with Crippen molar-refractivity contribution in [3.8, 4) is 5.75 Å². The second-order valence-corrected chi connectivity index (χ2v) is 7.45. The zero-order valence-electron chi connectivity index (χ0n) is 17.7. The summed E-state index contributed by atoms with van der Waals surface area (Å²) >= 11 is 0. The van der Waals surface area contributed by atoms with Crippen molar-refractivity contribution in [1.29, 1.82) is 0 Å². The van der Waals surface area contributed by atoms with E-state index in [0.717, 1.165) is 55.5 Å². The molecule has 1 aliphatic heterocycles. The zero-order valence-corrected chi connectivity index (χ0v) is 17.7. The highest BCUT2D eigenvalue weighted by atomic mass is 19.3. The first-order valence-electron chi connectivity index (χ1n) is 10.4. The normalized spacial score (nSPS) is 14.4. The summed E-state index contributed by atoms with van der Waals surface area (Å²) in [5.41, 5.74) is 0.980. The van der Waals surface area contributed by atoms with E-state index in [1.807, 2.05) is 11.9 Å². The molecular formula is C21H30F2N6O. The van der Waals surface area contributed by atoms with Crippen molar-refractivity contribution in [2.75, 3.05) is 20.6 Å². The van der Waals surface area contributed by atoms with Gasteiger partial charge in [-0.05, 0) is 37.0 Å². The van der Waals surface area contributed by atoms with Gasteiger partial charge in [0.25, 0.3) is 0 Å². The monoisotopic (exact) mass is 420 g/mol. The minimum absolute atomic E-state index is 0.158. The van der Waals surface area contributed by atoms with Gasteiger partial charge >= 0.3 is 6.61 Å². The molecule has 0 aliphatic carbocycles. The molecule has 1 N–H and O–H groups in total. The number of rotatable bonds is 8. The Bertz CT molecular complexity index is 821. The van der Waals surface area contributed by atoms with E-state index in [0.29, 0.717) is 6.54 Å². The van der Waals surface area contributed by atoms with E-state index < -0.39 is 6.61 Å². The Morgan fingerprint density at radius 1 is 1.23 bits per heavy atom. The first kappa shape index (κ1) is 22.0. The molecular weight excluding hydrogens is 390 g/mol. The third kappa shape index (κ3) is 6.14. The fourth-order valence-electron chi connectivity index (χ4n) is 3.69. The van der Waals surface area contributed by atoms with Crippen molar-refractivity contribution in [2.45, 2.75) is 58.2 Å². The highest BCUT2D eigenvalue weighted by Crippen LogP contribution is 2.16. The van der Waals surface area contributed by atoms with Crippen LogP contribution in [0.4, 0.5) is 8.78 Å². The number of fused-ring (bicyclic) bond motifs is 1. The van der Waals surface area contributed by atoms with Crippen LogP contribution in [0.15, 0.2) is 29.3 Å². The van der Waals surface area contributed by atoms with E-state index in [9.17, 15) is 8.78 Å². The van der Waals surface area contributed by atoms with Gasteiger partial charge < -0.3 is 19.5 Å². The average molecular weight is 421 g/mol. The van der Waals surface area contributed by atoms with Crippen LogP contribution >= 0.6 is 0 Å². The first-order chi connectivity index (χ1) is 14.6. The topological polar surface area (TPSA) is 67.6 Å². The van der Waals surface area contributed by atoms with E-state index in [4.69, 9.17) is 0 Å². The van der Waals surface area contributed by atoms with Crippen LogP contribution in [0.25, 0.3) is 0 Å². The molecule has 0 saturated heterocycles. The Kier molecular flexibility index (Phi) is 7.98. The molecule has 30 heavy (non-hydrogen) atoms. The smallest absolute Gasteiger partial charge is 0.387 e. The summed E-state index contributed by atoms with van der Waals surface area (Å²) in [4.78, 5) is 6.32. The molecule has 0 amide bonds. The van der Waals surface area contributed by atoms with Gasteiger partial charge in [0.1, 0.15) is 17.4 Å². The fourth-order valence-corrected chi connectivity index (χ4v) is 3.69. The predicted molar refractivity (Wildman–Crippen MR) is 112 cm³/mol. The van der Waals surface area contributed by atoms with Crippen molar-refractivity contribution in [3.63, 3.8) is 0 Å². The number of hydrogen-bond acceptors (Lipinski definition) is 4. The molecule has 7 nitrogen and oxygen atoms in total. The molecule has 3 rings (SSSR count). The maximum absolute atomic E-state index is 12.3. The standard InChI is InChI=1S/C21H30F2N6O/c1-24-21(28(2)15-16-9-11-17(12-10-16)30-20(22)23)25-13-6-8-19-27-26-18-7-4-3-5-14-29(18)19/h9-12,20H,3-8,13-15H2,1-2H3,(H,24,25). The third-order valence-corrected chi connectivity index (χ3v) is 5.19. The van der Waals surface area contributed by atoms with Gasteiger partial charge in [0.15, 0.2) is 5.96 Å². The zero-order chi connectivity index (χ0) is 21.3. The number of ether oxygens (including phenoxy) is 1. The lowest BCUT2D eigenvalue weighted by Gasteiger charge is -2.22. The molecule has 1 aromatic carbocycles. The number of nitrogens with zero attached hydrogens (tertiary/aromatic N) is 5. The van der Waals surface area contributed by atoms with Gasteiger partial charge in [0.05, 0.1) is 0 Å². The summed E-state index contributed by atoms with van der Waals surface area (Å²) in [7, 11) is 3.69. The molecule has 1 aromatic heterocycles. The highest BCUT2D eigenvalue weighted by molar-refractivity contribution is 5.79. The van der Waals surface area contributed by atoms with Crippen LogP contribution in [0.5, 0.6) is 5.75 Å². The highest BCUT2D eigenvalue weighted by Gasteiger charge is 2.14. The van der Waals surface area contributed by atoms with Crippen LogP contribution in [0.2, 0.25) is 0 Å². The number of hydrogen-bond donors (Lipinski definition) is 1. The number of alkyl halides is 2. The summed E-state index contributed by atoms with van der Waals surface area (Å²) in [5.74, 6) is 3.13. The van der Waals surface area contributed by atoms with Crippen molar-refractivity contribution >= 4 is 5.96 Å². The lowest BCUT2D eigenvalue weighted by molar-refractivity contribution is -0.0498. The second kappa shape index (κ2) is 10.9. The molecule has 0 radical (unpaired) electrons. The lowest BCUT2D eigenvalue weighted by Crippen LogP contribution is -2.39. The number of guanidine groups is 1. The van der Waals surface area contributed by atoms with Crippen molar-refractivity contribution < 1.29 is 13.5 Å². The van der Waals surface area contributed by atoms with E-state index in [-0.39, 0.29) is 5.75 Å². The largest absolute Gasteiger partial charge is 0.435 e. The van der Waals surface area contributed by atoms with Gasteiger partial charge in [-0.15, -0.1) is 10.2 Å². The van der Waals surface area contributed by atoms with Crippen LogP contribution in [0, 0.1) is 0 Å². The van der Waals surface area contributed by atoms with Crippen LogP contribution in [-0.2, 0) is 25.9 Å². The summed E-state index contributed by atoms with van der Waals surface area (Å²) < 4.78 is 31.2. The number of nitrogens with one attached hydrogen (secondary N) is 1. The van der Waals surface area contributed by atoms with Gasteiger partial charge in [-0.3, -0.25) is 4.99 Å². The molecule has 2 heterocycles. The number of benzene rings is 1. The lowest BCUT2D eigenvalue weighted by atomic mass is 10.2. The van der Waals surface area contributed by atoms with Crippen LogP contribution in [0.3, 0.4) is 0 Å². The van der Waals surface area contributed by atoms with Gasteiger partial charge in [-0.25, -0.2) is 0 Å². The maximum Gasteiger partial charge on any atom is 0.387 e. The van der Waals surface area contributed by atoms with E-state index in [1.165, 1.54) is 19.3 Å². The number of halogens is 2. The Morgan fingerprint density at radius 2 is 2.03 bits per heavy atom. The molecule has 0 saturated carbocycles. The molecule has 0 unspecified atom stereocenters. The maximum atomic E-state index is 12.3. The van der Waals surface area contributed by atoms with Gasteiger partial charge in [-0.1, -0.05) is 18.6 Å². The van der Waals surface area contributed by atoms with Gasteiger partial charge in [0.2, 0.25) is 0 Å². The van der Waals surface area contributed by atoms with Crippen molar-refractivity contribution in [2.24, 2.45) is 4.99 Å². The Morgan fingerprint density at radius 3 is 2.77 bits per heavy atom. The molecule has 0 fully saturated rings. The molecule has 1 aliphatic rings. The number of aromatic nitrogens is 3. The summed E-state index contributed by atoms with van der Waals surface area (Å²) in [6, 6.07) is 6.65. The Balaban J connectivity index is 1.44. The van der Waals surface area contributed by atoms with E-state index in [1.54, 1.807) is 31.3 Å². The summed E-state index contributed by atoms with van der Waals surface area (Å²) in [5, 5.41) is 12.1. The fraction of sp³-hybridized carbons (Fsp3) is 0.571. The SMILES string of the molecule is CN=C(NCCCc1nnc2n1CCCCC2)N(C)Cc1ccc(OC(F)F)cc1. The van der Waals surface area contributed by atoms with E-state index in [2.05, 4.69) is 29.8 Å². The number of aliphatic imine (C=N–C) groups is 1. The molecule has 0 atom stereocenters. The first-order valence-corrected chi connectivity index (χ1v) is 10.4. The minimum atomic E-state index is -2.81. The van der Waals surface area contributed by atoms with Gasteiger partial charge in [-0.2, -0.15) is 8.78 Å². The molecule has 164 valence electrons. The second-order valence-electron chi connectivity index (χ2n) is 7.45. The Hall–Kier alpha value is -2.71. The minimum Gasteiger partial charge on any atom is -0.435 e.